The van der Waals surface area contributed by atoms with Gasteiger partial charge in [-0.1, -0.05) is 65.0 Å². The number of ether oxygens (including phenoxy) is 1. The molecule has 2 heterocycles. The quantitative estimate of drug-likeness (QED) is 0.407. The van der Waals surface area contributed by atoms with Crippen LogP contribution in [-0.2, 0) is 6.42 Å². The summed E-state index contributed by atoms with van der Waals surface area (Å²) in [5.41, 5.74) is 4.68. The Morgan fingerprint density at radius 2 is 1.77 bits per heavy atom. The summed E-state index contributed by atoms with van der Waals surface area (Å²) < 4.78 is 13.1. The van der Waals surface area contributed by atoms with E-state index in [-0.39, 0.29) is 6.04 Å². The molecule has 6 nitrogen and oxygen atoms in total. The fourth-order valence-electron chi connectivity index (χ4n) is 3.63. The number of aromatic nitrogens is 4. The summed E-state index contributed by atoms with van der Waals surface area (Å²) >= 11 is 0. The predicted octanol–water partition coefficient (Wildman–Crippen LogP) is 4.93. The second-order valence-corrected chi connectivity index (χ2v) is 7.07. The van der Waals surface area contributed by atoms with E-state index in [2.05, 4.69) is 27.6 Å². The van der Waals surface area contributed by atoms with Crippen LogP contribution in [-0.4, -0.2) is 27.3 Å². The molecule has 148 valence electrons. The topological polar surface area (TPSA) is 66.0 Å². The summed E-state index contributed by atoms with van der Waals surface area (Å²) in [6.45, 7) is 0. The lowest BCUT2D eigenvalue weighted by atomic mass is 10.0. The van der Waals surface area contributed by atoms with Crippen molar-refractivity contribution in [3.63, 3.8) is 0 Å². The maximum atomic E-state index is 5.82. The van der Waals surface area contributed by atoms with Crippen molar-refractivity contribution in [2.75, 3.05) is 7.11 Å². The van der Waals surface area contributed by atoms with E-state index >= 15 is 0 Å². The monoisotopic (exact) mass is 396 g/mol. The van der Waals surface area contributed by atoms with Crippen LogP contribution in [0, 0.1) is 0 Å². The number of hydrogen-bond donors (Lipinski definition) is 0. The maximum Gasteiger partial charge on any atom is 0.162 e. The van der Waals surface area contributed by atoms with Gasteiger partial charge in [0.1, 0.15) is 23.0 Å². The third-order valence-corrected chi connectivity index (χ3v) is 5.17. The van der Waals surface area contributed by atoms with E-state index in [9.17, 15) is 0 Å². The van der Waals surface area contributed by atoms with E-state index < -0.39 is 0 Å². The Kier molecular flexibility index (Phi) is 4.73. The first-order valence-corrected chi connectivity index (χ1v) is 9.77. The van der Waals surface area contributed by atoms with E-state index in [1.807, 2.05) is 77.5 Å². The summed E-state index contributed by atoms with van der Waals surface area (Å²) in [4.78, 5) is 0. The molecule has 1 unspecified atom stereocenters. The SMILES string of the molecule is COc1cccc(-c2cc(C(Cc3ccccc3)n3nnc4ccccc43)on2)c1. The fourth-order valence-corrected chi connectivity index (χ4v) is 3.63. The fraction of sp³-hybridized carbons (Fsp3) is 0.125. The first-order chi connectivity index (χ1) is 14.8. The zero-order chi connectivity index (χ0) is 20.3. The molecule has 0 saturated heterocycles. The third-order valence-electron chi connectivity index (χ3n) is 5.17. The number of nitrogens with zero attached hydrogens (tertiary/aromatic N) is 4. The van der Waals surface area contributed by atoms with Gasteiger partial charge in [0.05, 0.1) is 12.6 Å². The Hall–Kier alpha value is -3.93. The van der Waals surface area contributed by atoms with Crippen molar-refractivity contribution < 1.29 is 9.26 Å². The smallest absolute Gasteiger partial charge is 0.162 e. The molecule has 0 aliphatic carbocycles. The minimum absolute atomic E-state index is 0.174. The van der Waals surface area contributed by atoms with Gasteiger partial charge in [-0.2, -0.15) is 0 Å². The number of fused-ring (bicyclic) bond motifs is 1. The largest absolute Gasteiger partial charge is 0.497 e. The van der Waals surface area contributed by atoms with E-state index in [0.717, 1.165) is 33.8 Å². The average molecular weight is 396 g/mol. The predicted molar refractivity (Wildman–Crippen MR) is 114 cm³/mol. The third kappa shape index (κ3) is 3.43. The standard InChI is InChI=1S/C24H20N4O2/c1-29-19-11-7-10-18(15-19)21-16-24(30-26-21)23(14-17-8-3-2-4-9-17)28-22-13-6-5-12-20(22)25-27-28/h2-13,15-16,23H,14H2,1H3. The molecule has 0 bridgehead atoms. The van der Waals surface area contributed by atoms with Crippen LogP contribution in [0.3, 0.4) is 0 Å². The number of benzene rings is 3. The Balaban J connectivity index is 1.57. The highest BCUT2D eigenvalue weighted by Gasteiger charge is 2.23. The van der Waals surface area contributed by atoms with Crippen LogP contribution in [0.2, 0.25) is 0 Å². The summed E-state index contributed by atoms with van der Waals surface area (Å²) in [6, 6.07) is 27.8. The Morgan fingerprint density at radius 3 is 2.63 bits per heavy atom. The number of hydrogen-bond acceptors (Lipinski definition) is 5. The van der Waals surface area contributed by atoms with Gasteiger partial charge in [-0.05, 0) is 29.8 Å². The molecule has 5 aromatic rings. The second kappa shape index (κ2) is 7.83. The van der Waals surface area contributed by atoms with Gasteiger partial charge in [0.15, 0.2) is 5.76 Å². The second-order valence-electron chi connectivity index (χ2n) is 7.07. The number of methoxy groups -OCH3 is 1. The highest BCUT2D eigenvalue weighted by molar-refractivity contribution is 5.74. The Labute approximate surface area is 173 Å². The van der Waals surface area contributed by atoms with Crippen LogP contribution in [0.15, 0.2) is 89.5 Å². The van der Waals surface area contributed by atoms with Crippen molar-refractivity contribution in [1.82, 2.24) is 20.2 Å². The molecule has 1 atom stereocenters. The Morgan fingerprint density at radius 1 is 0.933 bits per heavy atom. The molecule has 2 aromatic heterocycles. The average Bonchev–Trinajstić information content (AvgIpc) is 3.46. The molecule has 0 amide bonds. The highest BCUT2D eigenvalue weighted by atomic mass is 16.5. The van der Waals surface area contributed by atoms with Gasteiger partial charge in [-0.3, -0.25) is 0 Å². The zero-order valence-electron chi connectivity index (χ0n) is 16.5. The molecule has 0 N–H and O–H groups in total. The normalized spacial score (nSPS) is 12.2. The molecule has 30 heavy (non-hydrogen) atoms. The lowest BCUT2D eigenvalue weighted by molar-refractivity contribution is 0.334. The molecular weight excluding hydrogens is 376 g/mol. The van der Waals surface area contributed by atoms with Crippen LogP contribution in [0.4, 0.5) is 0 Å². The minimum atomic E-state index is -0.174. The van der Waals surface area contributed by atoms with Gasteiger partial charge in [0.25, 0.3) is 0 Å². The van der Waals surface area contributed by atoms with Gasteiger partial charge in [-0.25, -0.2) is 4.68 Å². The molecule has 0 fully saturated rings. The maximum absolute atomic E-state index is 5.82. The van der Waals surface area contributed by atoms with Crippen LogP contribution in [0.1, 0.15) is 17.4 Å². The van der Waals surface area contributed by atoms with Crippen LogP contribution in [0.25, 0.3) is 22.3 Å². The molecule has 0 radical (unpaired) electrons. The first kappa shape index (κ1) is 18.1. The Bertz CT molecular complexity index is 1280. The molecule has 3 aromatic carbocycles. The number of para-hydroxylation sites is 1. The summed E-state index contributed by atoms with van der Waals surface area (Å²) in [7, 11) is 1.65. The van der Waals surface area contributed by atoms with Crippen LogP contribution < -0.4 is 4.74 Å². The number of rotatable bonds is 6. The molecular formula is C24H20N4O2. The van der Waals surface area contributed by atoms with Gasteiger partial charge in [0, 0.05) is 18.1 Å². The van der Waals surface area contributed by atoms with E-state index in [4.69, 9.17) is 9.26 Å². The lowest BCUT2D eigenvalue weighted by Crippen LogP contribution is -2.14. The summed E-state index contributed by atoms with van der Waals surface area (Å²) in [5, 5.41) is 13.1. The molecule has 0 aliphatic rings. The van der Waals surface area contributed by atoms with Crippen LogP contribution >= 0.6 is 0 Å². The van der Waals surface area contributed by atoms with E-state index in [0.29, 0.717) is 6.42 Å². The van der Waals surface area contributed by atoms with Crippen molar-refractivity contribution in [3.8, 4) is 17.0 Å². The molecule has 6 heteroatoms. The summed E-state index contributed by atoms with van der Waals surface area (Å²) in [6.07, 6.45) is 0.709. The van der Waals surface area contributed by atoms with E-state index in [1.165, 1.54) is 5.56 Å². The van der Waals surface area contributed by atoms with Crippen molar-refractivity contribution in [3.05, 3.63) is 96.3 Å². The van der Waals surface area contributed by atoms with Gasteiger partial charge in [-0.15, -0.1) is 5.10 Å². The molecule has 0 aliphatic heterocycles. The molecule has 5 rings (SSSR count). The van der Waals surface area contributed by atoms with Crippen LogP contribution in [0.5, 0.6) is 5.75 Å². The van der Waals surface area contributed by atoms with Gasteiger partial charge in [0.2, 0.25) is 0 Å². The van der Waals surface area contributed by atoms with Gasteiger partial charge >= 0.3 is 0 Å². The minimum Gasteiger partial charge on any atom is -0.497 e. The van der Waals surface area contributed by atoms with Crippen molar-refractivity contribution in [2.24, 2.45) is 0 Å². The zero-order valence-corrected chi connectivity index (χ0v) is 16.5. The van der Waals surface area contributed by atoms with Crippen molar-refractivity contribution >= 4 is 11.0 Å². The van der Waals surface area contributed by atoms with Crippen molar-refractivity contribution in [1.29, 1.82) is 0 Å². The first-order valence-electron chi connectivity index (χ1n) is 9.77. The van der Waals surface area contributed by atoms with Gasteiger partial charge < -0.3 is 9.26 Å². The summed E-state index contributed by atoms with van der Waals surface area (Å²) in [5.74, 6) is 1.51. The molecule has 0 spiro atoms. The lowest BCUT2D eigenvalue weighted by Gasteiger charge is -2.15. The van der Waals surface area contributed by atoms with E-state index in [1.54, 1.807) is 7.11 Å². The highest BCUT2D eigenvalue weighted by Crippen LogP contribution is 2.30. The molecule has 0 saturated carbocycles. The van der Waals surface area contributed by atoms with Crippen molar-refractivity contribution in [2.45, 2.75) is 12.5 Å².